The number of nitrogens with two attached hydrogens (primary N) is 1. The molecule has 6 nitrogen and oxygen atoms in total. The summed E-state index contributed by atoms with van der Waals surface area (Å²) in [6, 6.07) is 4.70. The molecule has 0 saturated carbocycles. The maximum Gasteiger partial charge on any atom is 0.387 e. The molecule has 0 bridgehead atoms. The van der Waals surface area contributed by atoms with Crippen molar-refractivity contribution in [1.82, 2.24) is 5.32 Å². The van der Waals surface area contributed by atoms with Crippen molar-refractivity contribution in [1.29, 1.82) is 0 Å². The van der Waals surface area contributed by atoms with Crippen LogP contribution >= 0.6 is 24.0 Å². The number of benzene rings is 1. The Kier molecular flexibility index (Phi) is 10.6. The van der Waals surface area contributed by atoms with Crippen molar-refractivity contribution in [2.45, 2.75) is 26.1 Å². The number of rotatable bonds is 8. The molecule has 0 spiro atoms. The van der Waals surface area contributed by atoms with Crippen molar-refractivity contribution in [2.24, 2.45) is 10.7 Å². The molecule has 0 saturated heterocycles. The van der Waals surface area contributed by atoms with Gasteiger partial charge in [-0.15, -0.1) is 24.0 Å². The van der Waals surface area contributed by atoms with Gasteiger partial charge in [-0.05, 0) is 24.6 Å². The average Bonchev–Trinajstić information content (AvgIpc) is 2.45. The lowest BCUT2D eigenvalue weighted by Crippen LogP contribution is -2.40. The van der Waals surface area contributed by atoms with Crippen LogP contribution in [0, 0.1) is 0 Å². The van der Waals surface area contributed by atoms with E-state index >= 15 is 0 Å². The highest BCUT2D eigenvalue weighted by molar-refractivity contribution is 14.0. The second-order valence-electron chi connectivity index (χ2n) is 4.57. The predicted molar refractivity (Wildman–Crippen MR) is 94.8 cm³/mol. The van der Waals surface area contributed by atoms with E-state index in [2.05, 4.69) is 15.0 Å². The fourth-order valence-electron chi connectivity index (χ4n) is 1.77. The van der Waals surface area contributed by atoms with Crippen LogP contribution in [0.5, 0.6) is 11.5 Å². The second-order valence-corrected chi connectivity index (χ2v) is 4.57. The van der Waals surface area contributed by atoms with Crippen LogP contribution in [0.3, 0.4) is 0 Å². The number of aliphatic imine (C=N–C) groups is 1. The van der Waals surface area contributed by atoms with Gasteiger partial charge in [0.05, 0.1) is 20.3 Å². The highest BCUT2D eigenvalue weighted by atomic mass is 127. The van der Waals surface area contributed by atoms with E-state index in [0.717, 1.165) is 0 Å². The number of nitrogens with one attached hydrogen (secondary N) is 1. The highest BCUT2D eigenvalue weighted by Crippen LogP contribution is 2.29. The third-order valence-corrected chi connectivity index (χ3v) is 2.69. The molecule has 1 atom stereocenters. The van der Waals surface area contributed by atoms with Crippen LogP contribution in [0.15, 0.2) is 23.2 Å². The zero-order chi connectivity index (χ0) is 16.5. The Bertz CT molecular complexity index is 504. The maximum absolute atomic E-state index is 12.4. The Morgan fingerprint density at radius 2 is 2.00 bits per heavy atom. The van der Waals surface area contributed by atoms with Crippen molar-refractivity contribution in [2.75, 3.05) is 20.8 Å². The fourth-order valence-corrected chi connectivity index (χ4v) is 1.77. The Labute approximate surface area is 151 Å². The summed E-state index contributed by atoms with van der Waals surface area (Å²) >= 11 is 0. The summed E-state index contributed by atoms with van der Waals surface area (Å²) in [6.45, 7) is -0.310. The maximum atomic E-state index is 12.4. The predicted octanol–water partition coefficient (Wildman–Crippen LogP) is 2.35. The molecule has 0 aromatic heterocycles. The zero-order valence-corrected chi connectivity index (χ0v) is 15.5. The van der Waals surface area contributed by atoms with Gasteiger partial charge in [0.25, 0.3) is 0 Å². The molecular weight excluding hydrogens is 423 g/mol. The zero-order valence-electron chi connectivity index (χ0n) is 13.2. The summed E-state index contributed by atoms with van der Waals surface area (Å²) in [5, 5.41) is 2.95. The molecule has 0 aliphatic rings. The van der Waals surface area contributed by atoms with Crippen LogP contribution in [0.4, 0.5) is 8.78 Å². The number of hydrogen-bond acceptors (Lipinski definition) is 4. The number of halogens is 3. The number of hydrogen-bond donors (Lipinski definition) is 2. The van der Waals surface area contributed by atoms with Crippen LogP contribution in [-0.2, 0) is 11.3 Å². The molecule has 0 heterocycles. The normalized spacial score (nSPS) is 12.5. The molecule has 1 rings (SSSR count). The molecule has 0 radical (unpaired) electrons. The topological polar surface area (TPSA) is 78.1 Å². The minimum absolute atomic E-state index is 0. The molecule has 132 valence electrons. The largest absolute Gasteiger partial charge is 0.493 e. The SMILES string of the molecule is COCC(C)NC(N)=NCc1ccc(OC)c(OC(F)F)c1.I. The smallest absolute Gasteiger partial charge is 0.387 e. The molecule has 0 amide bonds. The van der Waals surface area contributed by atoms with E-state index in [0.29, 0.717) is 12.2 Å². The van der Waals surface area contributed by atoms with Gasteiger partial charge in [0, 0.05) is 13.2 Å². The molecule has 3 N–H and O–H groups in total. The standard InChI is InChI=1S/C14H21F2N3O3.HI/c1-9(8-20-2)19-14(17)18-7-10-4-5-11(21-3)12(6-10)22-13(15)16;/h4-6,9,13H,7-8H2,1-3H3,(H3,17,18,19);1H. The lowest BCUT2D eigenvalue weighted by Gasteiger charge is -2.13. The van der Waals surface area contributed by atoms with Crippen molar-refractivity contribution in [3.63, 3.8) is 0 Å². The summed E-state index contributed by atoms with van der Waals surface area (Å²) in [5.41, 5.74) is 6.40. The first-order valence-electron chi connectivity index (χ1n) is 6.63. The van der Waals surface area contributed by atoms with Gasteiger partial charge in [0.2, 0.25) is 0 Å². The summed E-state index contributed by atoms with van der Waals surface area (Å²) < 4.78 is 39.0. The van der Waals surface area contributed by atoms with E-state index in [4.69, 9.17) is 15.2 Å². The van der Waals surface area contributed by atoms with Crippen LogP contribution < -0.4 is 20.5 Å². The molecule has 0 aliphatic carbocycles. The summed E-state index contributed by atoms with van der Waals surface area (Å²) in [5.74, 6) is 0.439. The van der Waals surface area contributed by atoms with Gasteiger partial charge in [-0.1, -0.05) is 6.07 Å². The average molecular weight is 445 g/mol. The van der Waals surface area contributed by atoms with Crippen molar-refractivity contribution in [3.8, 4) is 11.5 Å². The molecule has 23 heavy (non-hydrogen) atoms. The van der Waals surface area contributed by atoms with E-state index in [1.165, 1.54) is 13.2 Å². The first-order valence-corrected chi connectivity index (χ1v) is 6.63. The van der Waals surface area contributed by atoms with Crippen molar-refractivity contribution in [3.05, 3.63) is 23.8 Å². The Hall–Kier alpha value is -1.36. The van der Waals surface area contributed by atoms with E-state index in [1.807, 2.05) is 6.92 Å². The first-order chi connectivity index (χ1) is 10.5. The van der Waals surface area contributed by atoms with Gasteiger partial charge < -0.3 is 25.3 Å². The molecule has 1 aromatic carbocycles. The fraction of sp³-hybridized carbons (Fsp3) is 0.500. The number of methoxy groups -OCH3 is 2. The van der Waals surface area contributed by atoms with E-state index in [1.54, 1.807) is 19.2 Å². The van der Waals surface area contributed by atoms with Gasteiger partial charge in [0.15, 0.2) is 17.5 Å². The highest BCUT2D eigenvalue weighted by Gasteiger charge is 2.11. The van der Waals surface area contributed by atoms with E-state index < -0.39 is 6.61 Å². The Balaban J connectivity index is 0.00000484. The van der Waals surface area contributed by atoms with Crippen molar-refractivity contribution >= 4 is 29.9 Å². The van der Waals surface area contributed by atoms with E-state index in [9.17, 15) is 8.78 Å². The third-order valence-electron chi connectivity index (χ3n) is 2.69. The first kappa shape index (κ1) is 21.6. The summed E-state index contributed by atoms with van der Waals surface area (Å²) in [6.07, 6.45) is 0. The molecule has 1 aromatic rings. The number of alkyl halides is 2. The van der Waals surface area contributed by atoms with Gasteiger partial charge in [-0.3, -0.25) is 0 Å². The number of guanidine groups is 1. The second kappa shape index (κ2) is 11.2. The molecule has 0 fully saturated rings. The van der Waals surface area contributed by atoms with Crippen LogP contribution in [0.25, 0.3) is 0 Å². The van der Waals surface area contributed by atoms with Crippen molar-refractivity contribution < 1.29 is 23.0 Å². The lowest BCUT2D eigenvalue weighted by atomic mass is 10.2. The Morgan fingerprint density at radius 1 is 1.30 bits per heavy atom. The van der Waals surface area contributed by atoms with Gasteiger partial charge >= 0.3 is 6.61 Å². The summed E-state index contributed by atoms with van der Waals surface area (Å²) in [4.78, 5) is 4.14. The minimum Gasteiger partial charge on any atom is -0.493 e. The monoisotopic (exact) mass is 445 g/mol. The van der Waals surface area contributed by atoms with Crippen LogP contribution in [0.2, 0.25) is 0 Å². The number of ether oxygens (including phenoxy) is 3. The van der Waals surface area contributed by atoms with Crippen LogP contribution in [-0.4, -0.2) is 39.4 Å². The number of nitrogens with zero attached hydrogens (tertiary/aromatic N) is 1. The van der Waals surface area contributed by atoms with E-state index in [-0.39, 0.29) is 54.0 Å². The quantitative estimate of drug-likeness (QED) is 0.365. The summed E-state index contributed by atoms with van der Waals surface area (Å²) in [7, 11) is 2.97. The van der Waals surface area contributed by atoms with Gasteiger partial charge in [-0.25, -0.2) is 4.99 Å². The van der Waals surface area contributed by atoms with Gasteiger partial charge in [0.1, 0.15) is 0 Å². The minimum atomic E-state index is -2.92. The van der Waals surface area contributed by atoms with Crippen LogP contribution in [0.1, 0.15) is 12.5 Å². The molecule has 1 unspecified atom stereocenters. The lowest BCUT2D eigenvalue weighted by molar-refractivity contribution is -0.0512. The molecular formula is C14H22F2IN3O3. The molecule has 0 aliphatic heterocycles. The molecule has 9 heteroatoms. The van der Waals surface area contributed by atoms with Gasteiger partial charge in [-0.2, -0.15) is 8.78 Å². The Morgan fingerprint density at radius 3 is 2.57 bits per heavy atom. The third kappa shape index (κ3) is 8.16.